The number of aliphatic hydroxyl groups is 1. The van der Waals surface area contributed by atoms with Gasteiger partial charge in [-0.15, -0.1) is 0 Å². The maximum absolute atomic E-state index is 13.7. The molecule has 0 aliphatic heterocycles. The summed E-state index contributed by atoms with van der Waals surface area (Å²) in [7, 11) is 0. The average Bonchev–Trinajstić information content (AvgIpc) is 2.34. The molecule has 4 heteroatoms. The molecule has 0 fully saturated rings. The molecular weight excluding hydrogens is 233 g/mol. The Morgan fingerprint density at radius 3 is 2.72 bits per heavy atom. The van der Waals surface area contributed by atoms with E-state index in [1.807, 2.05) is 6.07 Å². The first-order chi connectivity index (χ1) is 8.63. The number of hydrogen-bond donors (Lipinski definition) is 2. The van der Waals surface area contributed by atoms with E-state index in [0.29, 0.717) is 25.6 Å². The first kappa shape index (κ1) is 14.9. The number of hydrogen-bond acceptors (Lipinski definition) is 3. The third kappa shape index (κ3) is 5.47. The predicted molar refractivity (Wildman–Crippen MR) is 70.2 cm³/mol. The Hall–Kier alpha value is -1.13. The van der Waals surface area contributed by atoms with Crippen molar-refractivity contribution in [1.29, 1.82) is 0 Å². The number of unbranched alkanes of at least 4 members (excludes halogenated alkanes) is 1. The van der Waals surface area contributed by atoms with Crippen molar-refractivity contribution in [3.05, 3.63) is 29.6 Å². The van der Waals surface area contributed by atoms with Crippen LogP contribution in [0.15, 0.2) is 18.2 Å². The van der Waals surface area contributed by atoms with Gasteiger partial charge in [0, 0.05) is 19.2 Å². The molecule has 2 N–H and O–H groups in total. The molecule has 0 amide bonds. The number of ether oxygens (including phenoxy) is 1. The van der Waals surface area contributed by atoms with Crippen molar-refractivity contribution in [3.63, 3.8) is 0 Å². The topological polar surface area (TPSA) is 41.5 Å². The lowest BCUT2D eigenvalue weighted by Crippen LogP contribution is -2.21. The van der Waals surface area contributed by atoms with Crippen LogP contribution in [-0.4, -0.2) is 24.4 Å². The van der Waals surface area contributed by atoms with Crippen molar-refractivity contribution in [2.24, 2.45) is 0 Å². The van der Waals surface area contributed by atoms with Gasteiger partial charge >= 0.3 is 0 Å². The highest BCUT2D eigenvalue weighted by molar-refractivity contribution is 5.29. The molecule has 0 aliphatic carbocycles. The zero-order valence-corrected chi connectivity index (χ0v) is 11.1. The normalized spacial score (nSPS) is 10.9. The van der Waals surface area contributed by atoms with Crippen LogP contribution in [0.25, 0.3) is 0 Å². The van der Waals surface area contributed by atoms with Crippen molar-refractivity contribution in [2.75, 3.05) is 13.2 Å². The van der Waals surface area contributed by atoms with Crippen LogP contribution in [0.3, 0.4) is 0 Å². The quantitative estimate of drug-likeness (QED) is 0.701. The second-order valence-electron chi connectivity index (χ2n) is 4.58. The van der Waals surface area contributed by atoms with Crippen LogP contribution < -0.4 is 10.1 Å². The lowest BCUT2D eigenvalue weighted by Gasteiger charge is -2.10. The summed E-state index contributed by atoms with van der Waals surface area (Å²) in [5.74, 6) is -0.0525. The molecule has 0 aromatic heterocycles. The predicted octanol–water partition coefficient (Wildman–Crippen LogP) is 2.48. The van der Waals surface area contributed by atoms with Crippen LogP contribution in [0.1, 0.15) is 32.3 Å². The summed E-state index contributed by atoms with van der Waals surface area (Å²) in [6.45, 7) is 5.33. The van der Waals surface area contributed by atoms with Crippen molar-refractivity contribution in [3.8, 4) is 5.75 Å². The minimum Gasteiger partial charge on any atom is -0.491 e. The monoisotopic (exact) mass is 255 g/mol. The van der Waals surface area contributed by atoms with E-state index in [1.54, 1.807) is 6.07 Å². The molecule has 0 heterocycles. The van der Waals surface area contributed by atoms with Crippen molar-refractivity contribution >= 4 is 0 Å². The lowest BCUT2D eigenvalue weighted by molar-refractivity contribution is 0.248. The van der Waals surface area contributed by atoms with Crippen molar-refractivity contribution < 1.29 is 14.2 Å². The zero-order valence-electron chi connectivity index (χ0n) is 11.1. The van der Waals surface area contributed by atoms with E-state index >= 15 is 0 Å². The fourth-order valence-corrected chi connectivity index (χ4v) is 1.49. The largest absolute Gasteiger partial charge is 0.491 e. The van der Waals surface area contributed by atoms with Crippen molar-refractivity contribution in [1.82, 2.24) is 5.32 Å². The number of halogens is 1. The van der Waals surface area contributed by atoms with Gasteiger partial charge in [0.2, 0.25) is 0 Å². The molecular formula is C14H22FNO2. The highest BCUT2D eigenvalue weighted by Crippen LogP contribution is 2.18. The van der Waals surface area contributed by atoms with Gasteiger partial charge in [0.1, 0.15) is 0 Å². The third-order valence-electron chi connectivity index (χ3n) is 2.52. The van der Waals surface area contributed by atoms with Gasteiger partial charge in [-0.1, -0.05) is 19.9 Å². The third-order valence-corrected chi connectivity index (χ3v) is 2.52. The Morgan fingerprint density at radius 2 is 2.11 bits per heavy atom. The molecule has 0 radical (unpaired) electrons. The summed E-state index contributed by atoms with van der Waals surface area (Å²) in [6, 6.07) is 5.39. The molecule has 0 saturated heterocycles. The van der Waals surface area contributed by atoms with E-state index in [4.69, 9.17) is 9.84 Å². The Kier molecular flexibility index (Phi) is 6.68. The molecule has 0 aliphatic rings. The average molecular weight is 255 g/mol. The zero-order chi connectivity index (χ0) is 13.4. The van der Waals surface area contributed by atoms with E-state index in [2.05, 4.69) is 19.2 Å². The molecule has 1 aromatic rings. The van der Waals surface area contributed by atoms with Crippen LogP contribution >= 0.6 is 0 Å². The minimum atomic E-state index is -0.331. The Bertz CT molecular complexity index is 356. The van der Waals surface area contributed by atoms with Gasteiger partial charge in [-0.3, -0.25) is 0 Å². The van der Waals surface area contributed by atoms with Crippen molar-refractivity contribution in [2.45, 2.75) is 39.3 Å². The molecule has 18 heavy (non-hydrogen) atoms. The van der Waals surface area contributed by atoms with Gasteiger partial charge < -0.3 is 15.2 Å². The lowest BCUT2D eigenvalue weighted by atomic mass is 10.2. The molecule has 1 aromatic carbocycles. The molecule has 0 saturated carbocycles. The van der Waals surface area contributed by atoms with E-state index in [1.165, 1.54) is 6.07 Å². The van der Waals surface area contributed by atoms with Crippen LogP contribution in [0.2, 0.25) is 0 Å². The second kappa shape index (κ2) is 8.06. The fourth-order valence-electron chi connectivity index (χ4n) is 1.49. The van der Waals surface area contributed by atoms with Gasteiger partial charge in [0.05, 0.1) is 6.61 Å². The number of rotatable bonds is 8. The molecule has 0 bridgehead atoms. The summed E-state index contributed by atoms with van der Waals surface area (Å²) in [4.78, 5) is 0. The maximum atomic E-state index is 13.7. The first-order valence-corrected chi connectivity index (χ1v) is 6.39. The standard InChI is InChI=1S/C14H22FNO2/c1-11(2)16-10-12-5-6-14(13(15)9-12)18-8-4-3-7-17/h5-6,9,11,16-17H,3-4,7-8,10H2,1-2H3. The molecule has 0 atom stereocenters. The SMILES string of the molecule is CC(C)NCc1ccc(OCCCCO)c(F)c1. The summed E-state index contributed by atoms with van der Waals surface area (Å²) < 4.78 is 19.0. The maximum Gasteiger partial charge on any atom is 0.165 e. The molecule has 0 spiro atoms. The van der Waals surface area contributed by atoms with Gasteiger partial charge in [-0.25, -0.2) is 4.39 Å². The second-order valence-corrected chi connectivity index (χ2v) is 4.58. The van der Waals surface area contributed by atoms with Gasteiger partial charge in [0.25, 0.3) is 0 Å². The molecule has 102 valence electrons. The van der Waals surface area contributed by atoms with E-state index < -0.39 is 0 Å². The number of nitrogens with one attached hydrogen (secondary N) is 1. The Balaban J connectivity index is 2.46. The highest BCUT2D eigenvalue weighted by atomic mass is 19.1. The van der Waals surface area contributed by atoms with Crippen LogP contribution in [-0.2, 0) is 6.54 Å². The summed E-state index contributed by atoms with van der Waals surface area (Å²) >= 11 is 0. The van der Waals surface area contributed by atoms with Gasteiger partial charge in [-0.05, 0) is 30.5 Å². The van der Waals surface area contributed by atoms with E-state index in [9.17, 15) is 4.39 Å². The minimum absolute atomic E-state index is 0.144. The molecule has 3 nitrogen and oxygen atoms in total. The highest BCUT2D eigenvalue weighted by Gasteiger charge is 2.05. The molecule has 1 rings (SSSR count). The Morgan fingerprint density at radius 1 is 1.33 bits per heavy atom. The number of benzene rings is 1. The summed E-state index contributed by atoms with van der Waals surface area (Å²) in [5.41, 5.74) is 0.906. The summed E-state index contributed by atoms with van der Waals surface area (Å²) in [5, 5.41) is 11.9. The Labute approximate surface area is 108 Å². The van der Waals surface area contributed by atoms with Crippen LogP contribution in [0.5, 0.6) is 5.75 Å². The fraction of sp³-hybridized carbons (Fsp3) is 0.571. The van der Waals surface area contributed by atoms with Crippen LogP contribution in [0.4, 0.5) is 4.39 Å². The van der Waals surface area contributed by atoms with Gasteiger partial charge in [0.15, 0.2) is 11.6 Å². The van der Waals surface area contributed by atoms with Gasteiger partial charge in [-0.2, -0.15) is 0 Å². The van der Waals surface area contributed by atoms with Crippen LogP contribution in [0, 0.1) is 5.82 Å². The number of aliphatic hydroxyl groups excluding tert-OH is 1. The smallest absolute Gasteiger partial charge is 0.165 e. The molecule has 0 unspecified atom stereocenters. The van der Waals surface area contributed by atoms with E-state index in [0.717, 1.165) is 12.0 Å². The van der Waals surface area contributed by atoms with E-state index in [-0.39, 0.29) is 18.2 Å². The first-order valence-electron chi connectivity index (χ1n) is 6.39. The summed E-state index contributed by atoms with van der Waals surface area (Å²) in [6.07, 6.45) is 1.41.